The molecule has 2 aromatic rings. The van der Waals surface area contributed by atoms with Crippen molar-refractivity contribution in [2.75, 3.05) is 18.4 Å². The standard InChI is InChI=1S/C18H18ClFN2O3S/c1-12-10-13(20)4-7-17(12)21-18(23)15-11-14(5-6-16(15)19)26(24,25)22-8-2-3-9-22/h4-7,10-11H,2-3,8-9H2,1H3,(H,21,23). The van der Waals surface area contributed by atoms with Gasteiger partial charge in [-0.25, -0.2) is 12.8 Å². The van der Waals surface area contributed by atoms with Gasteiger partial charge in [-0.3, -0.25) is 4.79 Å². The number of sulfonamides is 1. The van der Waals surface area contributed by atoms with E-state index in [9.17, 15) is 17.6 Å². The molecule has 26 heavy (non-hydrogen) atoms. The van der Waals surface area contributed by atoms with Crippen LogP contribution in [-0.2, 0) is 10.0 Å². The number of amides is 1. The fraction of sp³-hybridized carbons (Fsp3) is 0.278. The molecule has 1 aliphatic heterocycles. The second-order valence-electron chi connectivity index (χ2n) is 6.17. The van der Waals surface area contributed by atoms with E-state index in [1.165, 1.54) is 40.7 Å². The lowest BCUT2D eigenvalue weighted by atomic mass is 10.1. The molecule has 3 rings (SSSR count). The lowest BCUT2D eigenvalue weighted by molar-refractivity contribution is 0.102. The van der Waals surface area contributed by atoms with Gasteiger partial charge in [-0.1, -0.05) is 11.6 Å². The topological polar surface area (TPSA) is 66.5 Å². The number of nitrogens with one attached hydrogen (secondary N) is 1. The van der Waals surface area contributed by atoms with Gasteiger partial charge in [0.05, 0.1) is 15.5 Å². The van der Waals surface area contributed by atoms with Gasteiger partial charge in [0.15, 0.2) is 0 Å². The van der Waals surface area contributed by atoms with E-state index in [-0.39, 0.29) is 15.5 Å². The molecule has 0 bridgehead atoms. The molecule has 1 N–H and O–H groups in total. The average Bonchev–Trinajstić information content (AvgIpc) is 3.13. The van der Waals surface area contributed by atoms with Crippen LogP contribution in [-0.4, -0.2) is 31.7 Å². The molecule has 0 atom stereocenters. The minimum atomic E-state index is -3.65. The third-order valence-electron chi connectivity index (χ3n) is 4.32. The van der Waals surface area contributed by atoms with Gasteiger partial charge in [0.25, 0.3) is 5.91 Å². The molecule has 1 heterocycles. The average molecular weight is 397 g/mol. The number of hydrogen-bond donors (Lipinski definition) is 1. The quantitative estimate of drug-likeness (QED) is 0.854. The number of aryl methyl sites for hydroxylation is 1. The van der Waals surface area contributed by atoms with E-state index in [0.29, 0.717) is 24.3 Å². The maximum Gasteiger partial charge on any atom is 0.257 e. The van der Waals surface area contributed by atoms with E-state index < -0.39 is 21.7 Å². The second kappa shape index (κ2) is 7.34. The van der Waals surface area contributed by atoms with Crippen LogP contribution in [0.15, 0.2) is 41.3 Å². The third-order valence-corrected chi connectivity index (χ3v) is 6.55. The zero-order chi connectivity index (χ0) is 18.9. The van der Waals surface area contributed by atoms with E-state index in [4.69, 9.17) is 11.6 Å². The Kier molecular flexibility index (Phi) is 5.32. The van der Waals surface area contributed by atoms with Gasteiger partial charge in [-0.2, -0.15) is 4.31 Å². The summed E-state index contributed by atoms with van der Waals surface area (Å²) in [7, 11) is -3.65. The molecule has 0 radical (unpaired) electrons. The molecule has 1 aliphatic rings. The molecular weight excluding hydrogens is 379 g/mol. The molecule has 1 amide bonds. The van der Waals surface area contributed by atoms with Crippen LogP contribution in [0.25, 0.3) is 0 Å². The Labute approximate surface area is 156 Å². The van der Waals surface area contributed by atoms with Crippen molar-refractivity contribution >= 4 is 33.2 Å². The van der Waals surface area contributed by atoms with Crippen LogP contribution in [0.5, 0.6) is 0 Å². The normalized spacial score (nSPS) is 15.2. The van der Waals surface area contributed by atoms with Crippen molar-refractivity contribution in [2.45, 2.75) is 24.7 Å². The van der Waals surface area contributed by atoms with Crippen LogP contribution in [0, 0.1) is 12.7 Å². The molecule has 1 fully saturated rings. The summed E-state index contributed by atoms with van der Waals surface area (Å²) in [6.45, 7) is 2.61. The largest absolute Gasteiger partial charge is 0.322 e. The van der Waals surface area contributed by atoms with Gasteiger partial charge in [0, 0.05) is 18.8 Å². The zero-order valence-corrected chi connectivity index (χ0v) is 15.7. The van der Waals surface area contributed by atoms with Crippen LogP contribution in [0.4, 0.5) is 10.1 Å². The summed E-state index contributed by atoms with van der Waals surface area (Å²) in [4.78, 5) is 12.6. The predicted octanol–water partition coefficient (Wildman–Crippen LogP) is 3.82. The van der Waals surface area contributed by atoms with Crippen LogP contribution in [0.2, 0.25) is 5.02 Å². The Morgan fingerprint density at radius 1 is 1.15 bits per heavy atom. The minimum Gasteiger partial charge on any atom is -0.322 e. The molecule has 2 aromatic carbocycles. The van der Waals surface area contributed by atoms with Crippen LogP contribution in [0.3, 0.4) is 0 Å². The Morgan fingerprint density at radius 2 is 1.85 bits per heavy atom. The van der Waals surface area contributed by atoms with Crippen molar-refractivity contribution in [3.05, 3.63) is 58.4 Å². The van der Waals surface area contributed by atoms with E-state index in [1.54, 1.807) is 6.92 Å². The molecule has 8 heteroatoms. The molecular formula is C18H18ClFN2O3S. The summed E-state index contributed by atoms with van der Waals surface area (Å²) in [5.41, 5.74) is 1.03. The Bertz CT molecular complexity index is 957. The summed E-state index contributed by atoms with van der Waals surface area (Å²) in [5.74, 6) is -0.958. The lowest BCUT2D eigenvalue weighted by Crippen LogP contribution is -2.28. The van der Waals surface area contributed by atoms with E-state index >= 15 is 0 Å². The summed E-state index contributed by atoms with van der Waals surface area (Å²) in [6.07, 6.45) is 1.65. The van der Waals surface area contributed by atoms with E-state index in [1.807, 2.05) is 0 Å². The van der Waals surface area contributed by atoms with Crippen molar-refractivity contribution < 1.29 is 17.6 Å². The zero-order valence-electron chi connectivity index (χ0n) is 14.1. The Balaban J connectivity index is 1.91. The summed E-state index contributed by atoms with van der Waals surface area (Å²) in [5, 5.41) is 2.79. The lowest BCUT2D eigenvalue weighted by Gasteiger charge is -2.16. The highest BCUT2D eigenvalue weighted by molar-refractivity contribution is 7.89. The molecule has 0 aliphatic carbocycles. The molecule has 1 saturated heterocycles. The predicted molar refractivity (Wildman–Crippen MR) is 98.5 cm³/mol. The van der Waals surface area contributed by atoms with Gasteiger partial charge in [0.2, 0.25) is 10.0 Å². The minimum absolute atomic E-state index is 0.0322. The highest BCUT2D eigenvalue weighted by atomic mass is 35.5. The highest BCUT2D eigenvalue weighted by Gasteiger charge is 2.28. The van der Waals surface area contributed by atoms with Crippen LogP contribution >= 0.6 is 11.6 Å². The number of benzene rings is 2. The molecule has 0 unspecified atom stereocenters. The maximum absolute atomic E-state index is 13.2. The summed E-state index contributed by atoms with van der Waals surface area (Å²) >= 11 is 6.10. The smallest absolute Gasteiger partial charge is 0.257 e. The van der Waals surface area contributed by atoms with E-state index in [0.717, 1.165) is 12.8 Å². The van der Waals surface area contributed by atoms with Crippen molar-refractivity contribution in [1.29, 1.82) is 0 Å². The van der Waals surface area contributed by atoms with Crippen molar-refractivity contribution in [3.8, 4) is 0 Å². The van der Waals surface area contributed by atoms with Gasteiger partial charge >= 0.3 is 0 Å². The van der Waals surface area contributed by atoms with Gasteiger partial charge in [-0.15, -0.1) is 0 Å². The van der Waals surface area contributed by atoms with Gasteiger partial charge in [-0.05, 0) is 61.7 Å². The van der Waals surface area contributed by atoms with Crippen molar-refractivity contribution in [1.82, 2.24) is 4.31 Å². The highest BCUT2D eigenvalue weighted by Crippen LogP contribution is 2.26. The number of halogens is 2. The maximum atomic E-state index is 13.2. The van der Waals surface area contributed by atoms with Crippen molar-refractivity contribution in [3.63, 3.8) is 0 Å². The van der Waals surface area contributed by atoms with Crippen LogP contribution in [0.1, 0.15) is 28.8 Å². The third kappa shape index (κ3) is 3.75. The van der Waals surface area contributed by atoms with Gasteiger partial charge < -0.3 is 5.32 Å². The number of carbonyl (C=O) groups excluding carboxylic acids is 1. The first-order chi connectivity index (χ1) is 12.3. The first-order valence-electron chi connectivity index (χ1n) is 8.16. The SMILES string of the molecule is Cc1cc(F)ccc1NC(=O)c1cc(S(=O)(=O)N2CCCC2)ccc1Cl. The van der Waals surface area contributed by atoms with Crippen molar-refractivity contribution in [2.24, 2.45) is 0 Å². The molecule has 5 nitrogen and oxygen atoms in total. The van der Waals surface area contributed by atoms with E-state index in [2.05, 4.69) is 5.32 Å². The summed E-state index contributed by atoms with van der Waals surface area (Å²) < 4.78 is 40.0. The number of carbonyl (C=O) groups is 1. The number of rotatable bonds is 4. The second-order valence-corrected chi connectivity index (χ2v) is 8.51. The molecule has 0 saturated carbocycles. The fourth-order valence-electron chi connectivity index (χ4n) is 2.87. The summed E-state index contributed by atoms with van der Waals surface area (Å²) in [6, 6.07) is 8.06. The number of anilines is 1. The van der Waals surface area contributed by atoms with Gasteiger partial charge in [0.1, 0.15) is 5.82 Å². The number of hydrogen-bond acceptors (Lipinski definition) is 3. The Morgan fingerprint density at radius 3 is 2.50 bits per heavy atom. The first-order valence-corrected chi connectivity index (χ1v) is 9.98. The molecule has 0 spiro atoms. The number of nitrogens with zero attached hydrogens (tertiary/aromatic N) is 1. The first kappa shape index (κ1) is 18.8. The fourth-order valence-corrected chi connectivity index (χ4v) is 4.62. The van der Waals surface area contributed by atoms with Crippen LogP contribution < -0.4 is 5.32 Å². The Hall–Kier alpha value is -1.96. The monoisotopic (exact) mass is 396 g/mol. The molecule has 0 aromatic heterocycles. The molecule has 138 valence electrons.